The van der Waals surface area contributed by atoms with Crippen LogP contribution in [-0.4, -0.2) is 41.2 Å². The number of carbonyl (C=O) groups excluding carboxylic acids is 2. The van der Waals surface area contributed by atoms with Crippen LogP contribution in [0.3, 0.4) is 0 Å². The molecule has 8 nitrogen and oxygen atoms in total. The van der Waals surface area contributed by atoms with E-state index >= 15 is 0 Å². The number of aromatic carboxylic acids is 1. The lowest BCUT2D eigenvalue weighted by Crippen LogP contribution is -2.39. The Morgan fingerprint density at radius 3 is 2.50 bits per heavy atom. The largest absolute Gasteiger partial charge is 0.508 e. The molecule has 0 saturated heterocycles. The third kappa shape index (κ3) is 4.48. The van der Waals surface area contributed by atoms with Gasteiger partial charge in [-0.1, -0.05) is 0 Å². The number of carboxylic acid groups (broad SMARTS) is 1. The van der Waals surface area contributed by atoms with Crippen LogP contribution in [0.4, 0.5) is 10.5 Å². The first-order valence-corrected chi connectivity index (χ1v) is 5.82. The summed E-state index contributed by atoms with van der Waals surface area (Å²) in [7, 11) is 0. The maximum absolute atomic E-state index is 11.5. The van der Waals surface area contributed by atoms with E-state index in [2.05, 4.69) is 16.0 Å². The molecule has 0 radical (unpaired) electrons. The summed E-state index contributed by atoms with van der Waals surface area (Å²) in [5.74, 6) is -1.87. The minimum Gasteiger partial charge on any atom is -0.508 e. The molecule has 1 rings (SSSR count). The zero-order valence-corrected chi connectivity index (χ0v) is 10.8. The molecule has 8 heteroatoms. The van der Waals surface area contributed by atoms with Crippen molar-refractivity contribution in [2.75, 3.05) is 18.4 Å². The number of carbonyl (C=O) groups is 3. The SMILES string of the molecule is CCNC(=O)CNC(=O)Nc1ccc(O)cc1C(=O)O. The van der Waals surface area contributed by atoms with E-state index in [1.165, 1.54) is 12.1 Å². The molecular formula is C12H15N3O5. The number of aromatic hydroxyl groups is 1. The Balaban J connectivity index is 2.66. The van der Waals surface area contributed by atoms with E-state index in [9.17, 15) is 19.5 Å². The standard InChI is InChI=1S/C12H15N3O5/c1-2-13-10(17)6-14-12(20)15-9-4-3-7(16)5-8(9)11(18)19/h3-5,16H,2,6H2,1H3,(H,13,17)(H,18,19)(H2,14,15,20). The van der Waals surface area contributed by atoms with Crippen molar-refractivity contribution in [1.29, 1.82) is 0 Å². The summed E-state index contributed by atoms with van der Waals surface area (Å²) in [4.78, 5) is 33.6. The van der Waals surface area contributed by atoms with E-state index in [-0.39, 0.29) is 29.5 Å². The number of urea groups is 1. The van der Waals surface area contributed by atoms with Crippen LogP contribution in [0, 0.1) is 0 Å². The van der Waals surface area contributed by atoms with Gasteiger partial charge in [0.2, 0.25) is 5.91 Å². The van der Waals surface area contributed by atoms with Crippen molar-refractivity contribution >= 4 is 23.6 Å². The van der Waals surface area contributed by atoms with E-state index in [1.807, 2.05) is 0 Å². The Labute approximate surface area is 114 Å². The lowest BCUT2D eigenvalue weighted by atomic mass is 10.1. The summed E-state index contributed by atoms with van der Waals surface area (Å²) in [5.41, 5.74) is -0.234. The van der Waals surface area contributed by atoms with Gasteiger partial charge in [-0.15, -0.1) is 0 Å². The van der Waals surface area contributed by atoms with Gasteiger partial charge in [0.15, 0.2) is 0 Å². The van der Waals surface area contributed by atoms with Gasteiger partial charge in [0.1, 0.15) is 5.75 Å². The minimum absolute atomic E-state index is 0.0173. The number of hydrogen-bond donors (Lipinski definition) is 5. The van der Waals surface area contributed by atoms with E-state index in [0.29, 0.717) is 6.54 Å². The van der Waals surface area contributed by atoms with Crippen molar-refractivity contribution in [2.24, 2.45) is 0 Å². The van der Waals surface area contributed by atoms with Gasteiger partial charge in [-0.25, -0.2) is 9.59 Å². The summed E-state index contributed by atoms with van der Waals surface area (Å²) in [6.07, 6.45) is 0. The van der Waals surface area contributed by atoms with Gasteiger partial charge < -0.3 is 26.2 Å². The number of amides is 3. The minimum atomic E-state index is -1.29. The average Bonchev–Trinajstić information content (AvgIpc) is 2.38. The smallest absolute Gasteiger partial charge is 0.337 e. The van der Waals surface area contributed by atoms with Crippen LogP contribution in [0.1, 0.15) is 17.3 Å². The molecule has 3 amide bonds. The van der Waals surface area contributed by atoms with Crippen molar-refractivity contribution in [3.8, 4) is 5.75 Å². The quantitative estimate of drug-likeness (QED) is 0.497. The number of likely N-dealkylation sites (N-methyl/N-ethyl adjacent to an activating group) is 1. The van der Waals surface area contributed by atoms with Crippen molar-refractivity contribution in [3.63, 3.8) is 0 Å². The maximum Gasteiger partial charge on any atom is 0.337 e. The van der Waals surface area contributed by atoms with Crippen molar-refractivity contribution in [3.05, 3.63) is 23.8 Å². The van der Waals surface area contributed by atoms with Gasteiger partial charge in [-0.05, 0) is 25.1 Å². The molecule has 0 spiro atoms. The third-order valence-corrected chi connectivity index (χ3v) is 2.27. The van der Waals surface area contributed by atoms with Crippen molar-refractivity contribution in [2.45, 2.75) is 6.92 Å². The second-order valence-electron chi connectivity index (χ2n) is 3.80. The first-order chi connectivity index (χ1) is 9.43. The van der Waals surface area contributed by atoms with Gasteiger partial charge in [0, 0.05) is 6.54 Å². The summed E-state index contributed by atoms with van der Waals surface area (Å²) in [6.45, 7) is 1.97. The second kappa shape index (κ2) is 6.98. The van der Waals surface area contributed by atoms with Crippen LogP contribution in [0.2, 0.25) is 0 Å². The lowest BCUT2D eigenvalue weighted by molar-refractivity contribution is -0.119. The Morgan fingerprint density at radius 1 is 1.20 bits per heavy atom. The molecule has 0 aliphatic rings. The van der Waals surface area contributed by atoms with Crippen molar-refractivity contribution < 1.29 is 24.6 Å². The van der Waals surface area contributed by atoms with Gasteiger partial charge >= 0.3 is 12.0 Å². The molecule has 5 N–H and O–H groups in total. The predicted molar refractivity (Wildman–Crippen MR) is 70.8 cm³/mol. The van der Waals surface area contributed by atoms with Crippen LogP contribution < -0.4 is 16.0 Å². The molecule has 1 aromatic rings. The average molecular weight is 281 g/mol. The Hall–Kier alpha value is -2.77. The molecule has 0 atom stereocenters. The van der Waals surface area contributed by atoms with Gasteiger partial charge in [0.05, 0.1) is 17.8 Å². The molecule has 0 heterocycles. The highest BCUT2D eigenvalue weighted by Gasteiger charge is 2.13. The molecule has 0 aliphatic carbocycles. The van der Waals surface area contributed by atoms with Crippen LogP contribution in [0.25, 0.3) is 0 Å². The number of anilines is 1. The van der Waals surface area contributed by atoms with Gasteiger partial charge in [0.25, 0.3) is 0 Å². The maximum atomic E-state index is 11.5. The van der Waals surface area contributed by atoms with Crippen LogP contribution in [0.15, 0.2) is 18.2 Å². The van der Waals surface area contributed by atoms with Crippen molar-refractivity contribution in [1.82, 2.24) is 10.6 Å². The highest BCUT2D eigenvalue weighted by molar-refractivity contribution is 6.01. The lowest BCUT2D eigenvalue weighted by Gasteiger charge is -2.10. The Kier molecular flexibility index (Phi) is 5.33. The van der Waals surface area contributed by atoms with Crippen LogP contribution >= 0.6 is 0 Å². The molecule has 108 valence electrons. The number of carboxylic acids is 1. The second-order valence-corrected chi connectivity index (χ2v) is 3.80. The fourth-order valence-electron chi connectivity index (χ4n) is 1.40. The van der Waals surface area contributed by atoms with E-state index < -0.39 is 12.0 Å². The number of phenolic OH excluding ortho intramolecular Hbond substituents is 1. The molecule has 0 aromatic heterocycles. The molecular weight excluding hydrogens is 266 g/mol. The zero-order valence-electron chi connectivity index (χ0n) is 10.8. The molecule has 0 bridgehead atoms. The molecule has 0 saturated carbocycles. The topological polar surface area (TPSA) is 128 Å². The Bertz CT molecular complexity index is 530. The number of rotatable bonds is 5. The molecule has 0 aliphatic heterocycles. The fourth-order valence-corrected chi connectivity index (χ4v) is 1.40. The highest BCUT2D eigenvalue weighted by Crippen LogP contribution is 2.21. The highest BCUT2D eigenvalue weighted by atomic mass is 16.4. The van der Waals surface area contributed by atoms with Crippen LogP contribution in [0.5, 0.6) is 5.75 Å². The zero-order chi connectivity index (χ0) is 15.1. The summed E-state index contributed by atoms with van der Waals surface area (Å²) < 4.78 is 0. The van der Waals surface area contributed by atoms with E-state index in [1.54, 1.807) is 6.92 Å². The van der Waals surface area contributed by atoms with E-state index in [0.717, 1.165) is 6.07 Å². The number of benzene rings is 1. The molecule has 0 fully saturated rings. The van der Waals surface area contributed by atoms with Gasteiger partial charge in [-0.2, -0.15) is 0 Å². The molecule has 0 unspecified atom stereocenters. The normalized spacial score (nSPS) is 9.65. The number of phenols is 1. The first-order valence-electron chi connectivity index (χ1n) is 5.82. The molecule has 20 heavy (non-hydrogen) atoms. The Morgan fingerprint density at radius 2 is 1.90 bits per heavy atom. The third-order valence-electron chi connectivity index (χ3n) is 2.27. The first kappa shape index (κ1) is 15.3. The fraction of sp³-hybridized carbons (Fsp3) is 0.250. The van der Waals surface area contributed by atoms with Gasteiger partial charge in [-0.3, -0.25) is 4.79 Å². The molecule has 1 aromatic carbocycles. The van der Waals surface area contributed by atoms with Crippen LogP contribution in [-0.2, 0) is 4.79 Å². The number of hydrogen-bond acceptors (Lipinski definition) is 4. The summed E-state index contributed by atoms with van der Waals surface area (Å²) >= 11 is 0. The monoisotopic (exact) mass is 281 g/mol. The summed E-state index contributed by atoms with van der Waals surface area (Å²) in [6, 6.07) is 2.79. The summed E-state index contributed by atoms with van der Waals surface area (Å²) in [5, 5.41) is 25.2. The van der Waals surface area contributed by atoms with E-state index in [4.69, 9.17) is 5.11 Å². The number of nitrogens with one attached hydrogen (secondary N) is 3. The predicted octanol–water partition coefficient (Wildman–Crippen LogP) is 0.348.